The molecule has 6 nitrogen and oxygen atoms in total. The van der Waals surface area contributed by atoms with Crippen molar-refractivity contribution >= 4 is 17.5 Å². The van der Waals surface area contributed by atoms with Gasteiger partial charge in [0.05, 0.1) is 25.8 Å². The quantitative estimate of drug-likeness (QED) is 0.533. The second-order valence-electron chi connectivity index (χ2n) is 6.86. The zero-order chi connectivity index (χ0) is 19.9. The molecule has 28 heavy (non-hydrogen) atoms. The van der Waals surface area contributed by atoms with E-state index in [9.17, 15) is 9.59 Å². The molecule has 0 spiro atoms. The number of benzene rings is 2. The fourth-order valence-electron chi connectivity index (χ4n) is 3.18. The van der Waals surface area contributed by atoms with Crippen LogP contribution in [0.3, 0.4) is 0 Å². The number of hydrogen-bond donors (Lipinski definition) is 1. The largest absolute Gasteiger partial charge is 0.497 e. The number of quaternary nitrogens is 1. The fraction of sp³-hybridized carbons (Fsp3) is 0.364. The second kappa shape index (κ2) is 9.37. The first-order valence-electron chi connectivity index (χ1n) is 9.68. The number of carbonyl (C=O) groups is 2. The van der Waals surface area contributed by atoms with Crippen molar-refractivity contribution in [3.63, 3.8) is 0 Å². The Kier molecular flexibility index (Phi) is 6.66. The predicted molar refractivity (Wildman–Crippen MR) is 106 cm³/mol. The van der Waals surface area contributed by atoms with Crippen LogP contribution in [0, 0.1) is 0 Å². The van der Waals surface area contributed by atoms with Gasteiger partial charge in [0.15, 0.2) is 6.04 Å². The molecular formula is C22H27N2O4+. The first-order chi connectivity index (χ1) is 13.6. The van der Waals surface area contributed by atoms with Gasteiger partial charge < -0.3 is 14.8 Å². The summed E-state index contributed by atoms with van der Waals surface area (Å²) < 4.78 is 10.8. The van der Waals surface area contributed by atoms with Crippen LogP contribution < -0.4 is 19.7 Å². The highest BCUT2D eigenvalue weighted by atomic mass is 16.5. The lowest BCUT2D eigenvalue weighted by Gasteiger charge is -2.15. The van der Waals surface area contributed by atoms with Gasteiger partial charge in [0, 0.05) is 5.56 Å². The number of nitrogens with zero attached hydrogens (tertiary/aromatic N) is 1. The molecule has 2 aromatic carbocycles. The van der Waals surface area contributed by atoms with Crippen LogP contribution in [-0.2, 0) is 16.1 Å². The number of ether oxygens (including phenoxy) is 2. The molecule has 148 valence electrons. The lowest BCUT2D eigenvalue weighted by molar-refractivity contribution is -0.690. The number of nitrogens with two attached hydrogens (primary N) is 1. The Morgan fingerprint density at radius 3 is 2.36 bits per heavy atom. The van der Waals surface area contributed by atoms with Crippen LogP contribution in [0.4, 0.5) is 5.69 Å². The molecule has 1 aliphatic heterocycles. The third-order valence-electron chi connectivity index (χ3n) is 4.84. The normalized spacial score (nSPS) is 16.5. The van der Waals surface area contributed by atoms with E-state index in [1.807, 2.05) is 29.6 Å². The molecule has 0 radical (unpaired) electrons. The summed E-state index contributed by atoms with van der Waals surface area (Å²) in [6.07, 6.45) is 2.28. The second-order valence-corrected chi connectivity index (χ2v) is 6.86. The number of anilines is 1. The smallest absolute Gasteiger partial charge is 0.292 e. The van der Waals surface area contributed by atoms with E-state index in [0.717, 1.165) is 29.9 Å². The summed E-state index contributed by atoms with van der Waals surface area (Å²) >= 11 is 0. The zero-order valence-corrected chi connectivity index (χ0v) is 16.4. The topological polar surface area (TPSA) is 72.4 Å². The zero-order valence-electron chi connectivity index (χ0n) is 16.4. The van der Waals surface area contributed by atoms with Crippen molar-refractivity contribution in [3.8, 4) is 11.5 Å². The van der Waals surface area contributed by atoms with E-state index < -0.39 is 6.04 Å². The van der Waals surface area contributed by atoms with E-state index in [1.54, 1.807) is 31.4 Å². The van der Waals surface area contributed by atoms with Crippen molar-refractivity contribution in [2.24, 2.45) is 0 Å². The minimum atomic E-state index is -0.393. The number of hydrogen-bond acceptors (Lipinski definition) is 4. The highest BCUT2D eigenvalue weighted by Crippen LogP contribution is 2.24. The number of rotatable bonds is 9. The number of carbonyl (C=O) groups excluding carboxylic acids is 2. The van der Waals surface area contributed by atoms with Crippen LogP contribution in [-0.4, -0.2) is 31.6 Å². The van der Waals surface area contributed by atoms with Crippen LogP contribution in [0.5, 0.6) is 11.5 Å². The van der Waals surface area contributed by atoms with E-state index >= 15 is 0 Å². The number of methoxy groups -OCH3 is 1. The van der Waals surface area contributed by atoms with Crippen LogP contribution >= 0.6 is 0 Å². The molecule has 0 bridgehead atoms. The average molecular weight is 383 g/mol. The van der Waals surface area contributed by atoms with Gasteiger partial charge in [-0.1, -0.05) is 13.3 Å². The van der Waals surface area contributed by atoms with Gasteiger partial charge in [-0.05, 0) is 55.0 Å². The fourth-order valence-corrected chi connectivity index (χ4v) is 3.18. The molecule has 2 amide bonds. The Labute approximate surface area is 165 Å². The Bertz CT molecular complexity index is 802. The molecule has 6 heteroatoms. The van der Waals surface area contributed by atoms with Crippen molar-refractivity contribution in [1.82, 2.24) is 0 Å². The maximum absolute atomic E-state index is 12.8. The molecular weight excluding hydrogens is 356 g/mol. The number of imide groups is 1. The summed E-state index contributed by atoms with van der Waals surface area (Å²) in [4.78, 5) is 26.5. The molecule has 2 aromatic rings. The van der Waals surface area contributed by atoms with Crippen LogP contribution in [0.25, 0.3) is 0 Å². The van der Waals surface area contributed by atoms with Gasteiger partial charge in [-0.3, -0.25) is 9.59 Å². The summed E-state index contributed by atoms with van der Waals surface area (Å²) in [7, 11) is 1.63. The van der Waals surface area contributed by atoms with Gasteiger partial charge in [0.25, 0.3) is 5.91 Å². The van der Waals surface area contributed by atoms with Crippen LogP contribution in [0.2, 0.25) is 0 Å². The Hall–Kier alpha value is -2.86. The number of amides is 2. The van der Waals surface area contributed by atoms with Crippen LogP contribution in [0.1, 0.15) is 31.7 Å². The molecule has 2 N–H and O–H groups in total. The maximum atomic E-state index is 12.8. The van der Waals surface area contributed by atoms with Crippen molar-refractivity contribution in [2.45, 2.75) is 38.8 Å². The van der Waals surface area contributed by atoms with E-state index in [2.05, 4.69) is 6.92 Å². The van der Waals surface area contributed by atoms with Gasteiger partial charge in [0.2, 0.25) is 5.91 Å². The standard InChI is InChI=1S/C22H26N2O4/c1-3-4-13-28-19-11-7-17(8-12-19)24-21(25)14-20(22(24)26)23-15-16-5-9-18(27-2)10-6-16/h5-12,20,23H,3-4,13-15H2,1-2H3/p+1/t20-/m1/s1. The number of unbranched alkanes of at least 4 members (excludes halogenated alkanes) is 1. The van der Waals surface area contributed by atoms with Crippen molar-refractivity contribution < 1.29 is 24.4 Å². The summed E-state index contributed by atoms with van der Waals surface area (Å²) in [6.45, 7) is 3.41. The molecule has 0 saturated carbocycles. The highest BCUT2D eigenvalue weighted by molar-refractivity contribution is 6.21. The Morgan fingerprint density at radius 1 is 1.04 bits per heavy atom. The summed E-state index contributed by atoms with van der Waals surface area (Å²) in [6, 6.07) is 14.5. The van der Waals surface area contributed by atoms with Gasteiger partial charge in [0.1, 0.15) is 18.0 Å². The Balaban J connectivity index is 1.59. The molecule has 1 atom stereocenters. The van der Waals surface area contributed by atoms with Crippen LogP contribution in [0.15, 0.2) is 48.5 Å². The molecule has 1 heterocycles. The molecule has 3 rings (SSSR count). The summed E-state index contributed by atoms with van der Waals surface area (Å²) in [5.74, 6) is 1.21. The van der Waals surface area contributed by atoms with E-state index in [-0.39, 0.29) is 18.2 Å². The third kappa shape index (κ3) is 4.70. The average Bonchev–Trinajstić information content (AvgIpc) is 3.01. The molecule has 0 unspecified atom stereocenters. The van der Waals surface area contributed by atoms with E-state index in [0.29, 0.717) is 18.8 Å². The summed E-state index contributed by atoms with van der Waals surface area (Å²) in [5.41, 5.74) is 1.67. The predicted octanol–water partition coefficient (Wildman–Crippen LogP) is 2.27. The summed E-state index contributed by atoms with van der Waals surface area (Å²) in [5, 5.41) is 1.92. The minimum Gasteiger partial charge on any atom is -0.497 e. The third-order valence-corrected chi connectivity index (χ3v) is 4.84. The molecule has 0 aliphatic carbocycles. The van der Waals surface area contributed by atoms with Gasteiger partial charge >= 0.3 is 0 Å². The van der Waals surface area contributed by atoms with Crippen molar-refractivity contribution in [1.29, 1.82) is 0 Å². The Morgan fingerprint density at radius 2 is 1.71 bits per heavy atom. The first kappa shape index (κ1) is 19.9. The van der Waals surface area contributed by atoms with Gasteiger partial charge in [-0.25, -0.2) is 4.90 Å². The van der Waals surface area contributed by atoms with Gasteiger partial charge in [-0.15, -0.1) is 0 Å². The monoisotopic (exact) mass is 383 g/mol. The molecule has 1 aliphatic rings. The maximum Gasteiger partial charge on any atom is 0.292 e. The van der Waals surface area contributed by atoms with Crippen molar-refractivity contribution in [2.75, 3.05) is 18.6 Å². The van der Waals surface area contributed by atoms with Gasteiger partial charge in [-0.2, -0.15) is 0 Å². The highest BCUT2D eigenvalue weighted by Gasteiger charge is 2.42. The van der Waals surface area contributed by atoms with Crippen molar-refractivity contribution in [3.05, 3.63) is 54.1 Å². The molecule has 0 aromatic heterocycles. The lowest BCUT2D eigenvalue weighted by Crippen LogP contribution is -2.90. The van der Waals surface area contributed by atoms with E-state index in [1.165, 1.54) is 4.90 Å². The van der Waals surface area contributed by atoms with E-state index in [4.69, 9.17) is 9.47 Å². The first-order valence-corrected chi connectivity index (χ1v) is 9.68. The SMILES string of the molecule is CCCCOc1ccc(N2C(=O)C[C@@H]([NH2+]Cc3ccc(OC)cc3)C2=O)cc1. The molecule has 1 fully saturated rings. The lowest BCUT2D eigenvalue weighted by atomic mass is 10.2. The molecule has 1 saturated heterocycles. The minimum absolute atomic E-state index is 0.166.